The molecule has 3 aromatic rings. The maximum Gasteiger partial charge on any atom is 0.170 e. The second kappa shape index (κ2) is 3.43. The number of pyridine rings is 1. The number of rotatable bonds is 1. The van der Waals surface area contributed by atoms with E-state index in [9.17, 15) is 10.1 Å². The predicted octanol–water partition coefficient (Wildman–Crippen LogP) is 2.88. The van der Waals surface area contributed by atoms with Crippen LogP contribution in [0.4, 0.5) is 0 Å². The van der Waals surface area contributed by atoms with Gasteiger partial charge in [0.25, 0.3) is 0 Å². The molecule has 2 heterocycles. The third-order valence-electron chi connectivity index (χ3n) is 2.67. The van der Waals surface area contributed by atoms with E-state index in [0.717, 1.165) is 15.4 Å². The molecule has 0 fully saturated rings. The third-order valence-corrected chi connectivity index (χ3v) is 2.90. The van der Waals surface area contributed by atoms with Crippen LogP contribution in [0.3, 0.4) is 0 Å². The van der Waals surface area contributed by atoms with E-state index in [0.29, 0.717) is 16.1 Å². The van der Waals surface area contributed by atoms with Crippen molar-refractivity contribution in [1.82, 2.24) is 9.66 Å². The number of nitrogens with zero attached hydrogens (tertiary/aromatic N) is 3. The first-order chi connectivity index (χ1) is 8.18. The molecular formula is C11H6ClN3O2. The fraction of sp³-hybridized carbons (Fsp3) is 0. The lowest BCUT2D eigenvalue weighted by molar-refractivity contribution is -0.533. The lowest BCUT2D eigenvalue weighted by atomic mass is 10.2. The normalized spacial score (nSPS) is 11.1. The molecule has 0 aliphatic heterocycles. The van der Waals surface area contributed by atoms with Gasteiger partial charge in [-0.05, 0) is 18.2 Å². The van der Waals surface area contributed by atoms with Crippen LogP contribution in [0.15, 0.2) is 36.7 Å². The summed E-state index contributed by atoms with van der Waals surface area (Å²) in [5, 5.41) is 12.7. The highest BCUT2D eigenvalue weighted by molar-refractivity contribution is 6.31. The molecule has 6 heteroatoms. The Kier molecular flexibility index (Phi) is 2.02. The van der Waals surface area contributed by atoms with Crippen LogP contribution in [-0.4, -0.2) is 14.7 Å². The number of nitro groups is 1. The van der Waals surface area contributed by atoms with Gasteiger partial charge >= 0.3 is 0 Å². The second-order valence-corrected chi connectivity index (χ2v) is 4.04. The largest absolute Gasteiger partial charge is 0.262 e. The van der Waals surface area contributed by atoms with Crippen LogP contribution in [0.2, 0.25) is 5.02 Å². The van der Waals surface area contributed by atoms with Crippen LogP contribution >= 0.6 is 11.6 Å². The van der Waals surface area contributed by atoms with E-state index < -0.39 is 5.03 Å². The number of halogens is 1. The van der Waals surface area contributed by atoms with E-state index in [1.165, 1.54) is 6.20 Å². The summed E-state index contributed by atoms with van der Waals surface area (Å²) in [6.45, 7) is 0. The van der Waals surface area contributed by atoms with E-state index in [-0.39, 0.29) is 0 Å². The molecule has 0 bridgehead atoms. The molecule has 0 saturated heterocycles. The molecule has 2 aromatic heterocycles. The van der Waals surface area contributed by atoms with Crippen LogP contribution in [0.1, 0.15) is 0 Å². The van der Waals surface area contributed by atoms with Crippen molar-refractivity contribution in [3.8, 4) is 0 Å². The van der Waals surface area contributed by atoms with Crippen molar-refractivity contribution in [3.63, 3.8) is 0 Å². The van der Waals surface area contributed by atoms with Gasteiger partial charge in [0.05, 0.1) is 6.20 Å². The number of hydrogen-bond acceptors (Lipinski definition) is 3. The van der Waals surface area contributed by atoms with Crippen LogP contribution in [-0.2, 0) is 0 Å². The van der Waals surface area contributed by atoms with Gasteiger partial charge in [0, 0.05) is 22.0 Å². The van der Waals surface area contributed by atoms with Crippen LogP contribution in [0.25, 0.3) is 21.8 Å². The summed E-state index contributed by atoms with van der Waals surface area (Å²) in [5.41, 5.74) is 0.945. The van der Waals surface area contributed by atoms with Crippen LogP contribution < -0.4 is 0 Å². The predicted molar refractivity (Wildman–Crippen MR) is 64.6 cm³/mol. The first-order valence-electron chi connectivity index (χ1n) is 4.87. The zero-order chi connectivity index (χ0) is 12.0. The van der Waals surface area contributed by atoms with E-state index in [2.05, 4.69) is 4.98 Å². The molecule has 0 saturated carbocycles. The van der Waals surface area contributed by atoms with Gasteiger partial charge in [0.15, 0.2) is 5.03 Å². The highest BCUT2D eigenvalue weighted by atomic mass is 35.5. The van der Waals surface area contributed by atoms with Crippen molar-refractivity contribution in [2.24, 2.45) is 0 Å². The van der Waals surface area contributed by atoms with Crippen LogP contribution in [0.5, 0.6) is 0 Å². The molecule has 84 valence electrons. The Morgan fingerprint density at radius 1 is 1.24 bits per heavy atom. The van der Waals surface area contributed by atoms with Crippen molar-refractivity contribution in [2.75, 3.05) is 0 Å². The zero-order valence-corrected chi connectivity index (χ0v) is 9.26. The van der Waals surface area contributed by atoms with Gasteiger partial charge < -0.3 is 0 Å². The average molecular weight is 248 g/mol. The van der Waals surface area contributed by atoms with E-state index in [1.54, 1.807) is 30.5 Å². The number of fused-ring (bicyclic) bond motifs is 3. The number of benzene rings is 1. The topological polar surface area (TPSA) is 61.0 Å². The van der Waals surface area contributed by atoms with Gasteiger partial charge in [-0.2, -0.15) is 0 Å². The molecule has 0 aliphatic rings. The zero-order valence-electron chi connectivity index (χ0n) is 8.50. The quantitative estimate of drug-likeness (QED) is 0.491. The van der Waals surface area contributed by atoms with Crippen molar-refractivity contribution >= 4 is 33.4 Å². The molecule has 0 atom stereocenters. The monoisotopic (exact) mass is 247 g/mol. The first-order valence-corrected chi connectivity index (χ1v) is 5.24. The molecule has 0 unspecified atom stereocenters. The Morgan fingerprint density at radius 2 is 2.00 bits per heavy atom. The first kappa shape index (κ1) is 10.0. The lowest BCUT2D eigenvalue weighted by Crippen LogP contribution is -2.07. The van der Waals surface area contributed by atoms with Crippen molar-refractivity contribution in [2.45, 2.75) is 0 Å². The molecule has 3 rings (SSSR count). The molecular weight excluding hydrogens is 242 g/mol. The summed E-state index contributed by atoms with van der Waals surface area (Å²) in [6.07, 6.45) is 3.09. The molecule has 1 aromatic carbocycles. The summed E-state index contributed by atoms with van der Waals surface area (Å²) in [7, 11) is 0. The fourth-order valence-electron chi connectivity index (χ4n) is 2.00. The summed E-state index contributed by atoms with van der Waals surface area (Å²) in [4.78, 5) is 15.0. The second-order valence-electron chi connectivity index (χ2n) is 3.60. The highest BCUT2D eigenvalue weighted by Crippen LogP contribution is 2.29. The Balaban J connectivity index is 2.62. The summed E-state index contributed by atoms with van der Waals surface area (Å²) in [5.74, 6) is 0. The van der Waals surface area contributed by atoms with Gasteiger partial charge in [-0.1, -0.05) is 22.3 Å². The number of aromatic nitrogens is 2. The summed E-state index contributed by atoms with van der Waals surface area (Å²) in [6, 6.07) is 6.83. The highest BCUT2D eigenvalue weighted by Gasteiger charge is 2.17. The lowest BCUT2D eigenvalue weighted by Gasteiger charge is -1.95. The Morgan fingerprint density at radius 3 is 2.76 bits per heavy atom. The van der Waals surface area contributed by atoms with Crippen LogP contribution in [0, 0.1) is 10.1 Å². The standard InChI is InChI=1S/C11H6ClN3O2/c12-7-1-2-8-9-3-4-13-6-11(9)14(15(16)17)10(8)5-7/h1-6H. The van der Waals surface area contributed by atoms with Crippen molar-refractivity contribution in [1.29, 1.82) is 0 Å². The molecule has 0 amide bonds. The minimum atomic E-state index is -0.470. The maximum absolute atomic E-state index is 11.1. The minimum absolute atomic E-state index is 0.467. The smallest absolute Gasteiger partial charge is 0.170 e. The SMILES string of the molecule is O=[N+]([O-])n1c2cnccc2c2ccc(Cl)cc21. The molecule has 5 nitrogen and oxygen atoms in total. The van der Waals surface area contributed by atoms with Gasteiger partial charge in [0.1, 0.15) is 11.0 Å². The van der Waals surface area contributed by atoms with Gasteiger partial charge in [-0.3, -0.25) is 4.98 Å². The fourth-order valence-corrected chi connectivity index (χ4v) is 2.16. The molecule has 0 spiro atoms. The summed E-state index contributed by atoms with van der Waals surface area (Å²) < 4.78 is 1.00. The molecule has 0 aliphatic carbocycles. The van der Waals surface area contributed by atoms with Gasteiger partial charge in [-0.25, -0.2) is 10.1 Å². The third kappa shape index (κ3) is 1.36. The average Bonchev–Trinajstić information content (AvgIpc) is 2.62. The summed E-state index contributed by atoms with van der Waals surface area (Å²) >= 11 is 5.87. The van der Waals surface area contributed by atoms with Gasteiger partial charge in [0.2, 0.25) is 0 Å². The van der Waals surface area contributed by atoms with Crippen molar-refractivity contribution in [3.05, 3.63) is 51.8 Å². The Bertz CT molecular complexity index is 751. The molecule has 0 radical (unpaired) electrons. The van der Waals surface area contributed by atoms with Crippen molar-refractivity contribution < 1.29 is 5.03 Å². The number of hydrogen-bond donors (Lipinski definition) is 0. The minimum Gasteiger partial charge on any atom is -0.262 e. The van der Waals surface area contributed by atoms with E-state index in [1.807, 2.05) is 0 Å². The van der Waals surface area contributed by atoms with Gasteiger partial charge in [-0.15, -0.1) is 0 Å². The maximum atomic E-state index is 11.1. The molecule has 0 N–H and O–H groups in total. The van der Waals surface area contributed by atoms with E-state index >= 15 is 0 Å². The Hall–Kier alpha value is -2.14. The Labute approximate surface area is 100 Å². The van der Waals surface area contributed by atoms with E-state index in [4.69, 9.17) is 11.6 Å². The molecule has 17 heavy (non-hydrogen) atoms.